The van der Waals surface area contributed by atoms with Crippen LogP contribution in [0.5, 0.6) is 0 Å². The first-order valence-corrected chi connectivity index (χ1v) is 9.19. The maximum Gasteiger partial charge on any atom is 0.407 e. The molecule has 0 spiro atoms. The van der Waals surface area contributed by atoms with Crippen molar-refractivity contribution in [2.45, 2.75) is 6.92 Å². The van der Waals surface area contributed by atoms with Crippen LogP contribution >= 0.6 is 11.3 Å². The summed E-state index contributed by atoms with van der Waals surface area (Å²) in [5, 5.41) is 8.18. The van der Waals surface area contributed by atoms with Gasteiger partial charge < -0.3 is 15.4 Å². The molecule has 134 valence electrons. The molecule has 0 saturated heterocycles. The summed E-state index contributed by atoms with van der Waals surface area (Å²) < 4.78 is 4.78. The Bertz CT molecular complexity index is 910. The van der Waals surface area contributed by atoms with E-state index in [1.54, 1.807) is 18.3 Å². The number of aromatic nitrogens is 1. The molecule has 6 nitrogen and oxygen atoms in total. The molecule has 0 radical (unpaired) electrons. The number of fused-ring (bicyclic) bond motifs is 1. The monoisotopic (exact) mass is 369 g/mol. The van der Waals surface area contributed by atoms with Crippen LogP contribution in [0.1, 0.15) is 17.3 Å². The van der Waals surface area contributed by atoms with Crippen molar-refractivity contribution in [2.24, 2.45) is 0 Å². The lowest BCUT2D eigenvalue weighted by Gasteiger charge is -2.10. The topological polar surface area (TPSA) is 80.3 Å². The number of nitrogens with one attached hydrogen (secondary N) is 2. The number of amides is 2. The number of rotatable bonds is 6. The highest BCUT2D eigenvalue weighted by Gasteiger charge is 2.14. The predicted octanol–water partition coefficient (Wildman–Crippen LogP) is 3.44. The van der Waals surface area contributed by atoms with Gasteiger partial charge in [-0.05, 0) is 30.5 Å². The normalized spacial score (nSPS) is 10.5. The Morgan fingerprint density at radius 3 is 2.69 bits per heavy atom. The average Bonchev–Trinajstić information content (AvgIpc) is 3.19. The van der Waals surface area contributed by atoms with Crippen molar-refractivity contribution in [3.8, 4) is 10.6 Å². The van der Waals surface area contributed by atoms with Crippen molar-refractivity contribution in [1.29, 1.82) is 0 Å². The van der Waals surface area contributed by atoms with Gasteiger partial charge in [0.15, 0.2) is 0 Å². The number of thiophene rings is 1. The Morgan fingerprint density at radius 1 is 1.12 bits per heavy atom. The molecule has 7 heteroatoms. The van der Waals surface area contributed by atoms with Gasteiger partial charge in [0.25, 0.3) is 5.91 Å². The summed E-state index contributed by atoms with van der Waals surface area (Å²) in [6.07, 6.45) is -0.490. The van der Waals surface area contributed by atoms with Gasteiger partial charge in [0.2, 0.25) is 0 Å². The number of nitrogens with zero attached hydrogens (tertiary/aromatic N) is 1. The second-order valence-corrected chi connectivity index (χ2v) is 6.40. The predicted molar refractivity (Wildman–Crippen MR) is 102 cm³/mol. The van der Waals surface area contributed by atoms with E-state index in [-0.39, 0.29) is 5.91 Å². The Hall–Kier alpha value is -2.93. The first kappa shape index (κ1) is 17.9. The molecular formula is C19H19N3O3S. The zero-order valence-electron chi connectivity index (χ0n) is 14.3. The molecule has 0 saturated carbocycles. The molecule has 0 bridgehead atoms. The summed E-state index contributed by atoms with van der Waals surface area (Å²) in [7, 11) is 0. The van der Waals surface area contributed by atoms with Gasteiger partial charge in [0.1, 0.15) is 0 Å². The van der Waals surface area contributed by atoms with Gasteiger partial charge >= 0.3 is 6.09 Å². The highest BCUT2D eigenvalue weighted by Crippen LogP contribution is 2.27. The van der Waals surface area contributed by atoms with Crippen LogP contribution in [0.2, 0.25) is 0 Å². The summed E-state index contributed by atoms with van der Waals surface area (Å²) in [5.41, 5.74) is 2.11. The third-order valence-corrected chi connectivity index (χ3v) is 4.58. The van der Waals surface area contributed by atoms with Crippen molar-refractivity contribution >= 4 is 34.2 Å². The average molecular weight is 369 g/mol. The van der Waals surface area contributed by atoms with Crippen LogP contribution in [0.15, 0.2) is 47.8 Å². The van der Waals surface area contributed by atoms with E-state index < -0.39 is 6.09 Å². The number of pyridine rings is 1. The van der Waals surface area contributed by atoms with E-state index >= 15 is 0 Å². The quantitative estimate of drug-likeness (QED) is 0.652. The number of carbonyl (C=O) groups is 2. The molecule has 3 aromatic rings. The summed E-state index contributed by atoms with van der Waals surface area (Å²) in [5.74, 6) is -0.202. The number of carbonyl (C=O) groups excluding carboxylic acids is 2. The maximum atomic E-state index is 12.7. The van der Waals surface area contributed by atoms with E-state index in [9.17, 15) is 9.59 Å². The second kappa shape index (κ2) is 8.44. The minimum atomic E-state index is -0.490. The Morgan fingerprint density at radius 2 is 1.92 bits per heavy atom. The largest absolute Gasteiger partial charge is 0.450 e. The minimum Gasteiger partial charge on any atom is -0.450 e. The number of alkyl carbamates (subject to hydrolysis) is 1. The summed E-state index contributed by atoms with van der Waals surface area (Å²) in [4.78, 5) is 29.6. The van der Waals surface area contributed by atoms with Gasteiger partial charge in [-0.15, -0.1) is 11.3 Å². The van der Waals surface area contributed by atoms with Crippen molar-refractivity contribution in [3.63, 3.8) is 0 Å². The van der Waals surface area contributed by atoms with Gasteiger partial charge in [0, 0.05) is 18.5 Å². The van der Waals surface area contributed by atoms with Gasteiger partial charge in [-0.25, -0.2) is 9.78 Å². The zero-order valence-corrected chi connectivity index (χ0v) is 15.1. The fraction of sp³-hybridized carbons (Fsp3) is 0.211. The standard InChI is InChI=1S/C19H19N3O3S/c1-2-25-19(24)21-10-9-20-18(23)14-12-16(17-8-5-11-26-17)22-15-7-4-3-6-13(14)15/h3-8,11-12H,2,9-10H2,1H3,(H,20,23)(H,21,24). The van der Waals surface area contributed by atoms with Crippen molar-refractivity contribution in [2.75, 3.05) is 19.7 Å². The molecule has 0 atom stereocenters. The first-order chi connectivity index (χ1) is 12.7. The number of para-hydroxylation sites is 1. The molecule has 0 aliphatic rings. The minimum absolute atomic E-state index is 0.202. The lowest BCUT2D eigenvalue weighted by molar-refractivity contribution is 0.0954. The fourth-order valence-electron chi connectivity index (χ4n) is 2.53. The molecule has 26 heavy (non-hydrogen) atoms. The van der Waals surface area contributed by atoms with Crippen LogP contribution in [-0.4, -0.2) is 36.7 Å². The van der Waals surface area contributed by atoms with E-state index in [1.165, 1.54) is 0 Å². The summed E-state index contributed by atoms with van der Waals surface area (Å²) in [6.45, 7) is 2.65. The van der Waals surface area contributed by atoms with E-state index in [2.05, 4.69) is 15.6 Å². The third-order valence-electron chi connectivity index (χ3n) is 3.69. The van der Waals surface area contributed by atoms with Crippen LogP contribution in [0.4, 0.5) is 4.79 Å². The van der Waals surface area contributed by atoms with Crippen molar-refractivity contribution in [1.82, 2.24) is 15.6 Å². The molecule has 2 aromatic heterocycles. The highest BCUT2D eigenvalue weighted by molar-refractivity contribution is 7.13. The molecule has 0 aliphatic carbocycles. The SMILES string of the molecule is CCOC(=O)NCCNC(=O)c1cc(-c2cccs2)nc2ccccc12. The van der Waals surface area contributed by atoms with Crippen LogP contribution in [0, 0.1) is 0 Å². The van der Waals surface area contributed by atoms with Crippen molar-refractivity contribution < 1.29 is 14.3 Å². The summed E-state index contributed by atoms with van der Waals surface area (Å²) in [6, 6.07) is 13.3. The molecule has 0 aliphatic heterocycles. The van der Waals surface area contributed by atoms with Crippen LogP contribution < -0.4 is 10.6 Å². The lowest BCUT2D eigenvalue weighted by atomic mass is 10.1. The third kappa shape index (κ3) is 4.18. The number of benzene rings is 1. The van der Waals surface area contributed by atoms with Crippen LogP contribution in [0.25, 0.3) is 21.5 Å². The van der Waals surface area contributed by atoms with E-state index in [0.717, 1.165) is 21.5 Å². The molecular weight excluding hydrogens is 350 g/mol. The number of hydrogen-bond donors (Lipinski definition) is 2. The Labute approximate surface area is 155 Å². The molecule has 2 N–H and O–H groups in total. The van der Waals surface area contributed by atoms with Gasteiger partial charge in [0.05, 0.1) is 28.3 Å². The molecule has 0 unspecified atom stereocenters. The molecule has 2 amide bonds. The molecule has 0 fully saturated rings. The van der Waals surface area contributed by atoms with E-state index in [0.29, 0.717) is 25.3 Å². The fourth-order valence-corrected chi connectivity index (χ4v) is 3.22. The van der Waals surface area contributed by atoms with E-state index in [1.807, 2.05) is 47.8 Å². The van der Waals surface area contributed by atoms with Gasteiger partial charge in [-0.1, -0.05) is 24.3 Å². The Kier molecular flexibility index (Phi) is 5.80. The molecule has 3 rings (SSSR count). The smallest absolute Gasteiger partial charge is 0.407 e. The van der Waals surface area contributed by atoms with Gasteiger partial charge in [-0.2, -0.15) is 0 Å². The van der Waals surface area contributed by atoms with Crippen LogP contribution in [-0.2, 0) is 4.74 Å². The maximum absolute atomic E-state index is 12.7. The van der Waals surface area contributed by atoms with Crippen molar-refractivity contribution in [3.05, 3.63) is 53.4 Å². The number of hydrogen-bond acceptors (Lipinski definition) is 5. The highest BCUT2D eigenvalue weighted by atomic mass is 32.1. The van der Waals surface area contributed by atoms with Gasteiger partial charge in [-0.3, -0.25) is 4.79 Å². The lowest BCUT2D eigenvalue weighted by Crippen LogP contribution is -2.35. The molecule has 1 aromatic carbocycles. The zero-order chi connectivity index (χ0) is 18.4. The van der Waals surface area contributed by atoms with E-state index in [4.69, 9.17) is 4.74 Å². The summed E-state index contributed by atoms with van der Waals surface area (Å²) >= 11 is 1.58. The second-order valence-electron chi connectivity index (χ2n) is 5.45. The molecule has 2 heterocycles. The van der Waals surface area contributed by atoms with Crippen LogP contribution in [0.3, 0.4) is 0 Å². The first-order valence-electron chi connectivity index (χ1n) is 8.31. The Balaban J connectivity index is 1.77. The number of ether oxygens (including phenoxy) is 1.